The van der Waals surface area contributed by atoms with Gasteiger partial charge in [0.25, 0.3) is 5.69 Å². The lowest BCUT2D eigenvalue weighted by atomic mass is 10.0. The average Bonchev–Trinajstić information content (AvgIpc) is 2.69. The number of nitro benzene ring substituents is 1. The number of halogens is 1. The number of rotatable bonds is 4. The summed E-state index contributed by atoms with van der Waals surface area (Å²) in [5.74, 6) is -0.518. The van der Waals surface area contributed by atoms with Crippen LogP contribution < -0.4 is 5.73 Å². The van der Waals surface area contributed by atoms with Crippen LogP contribution in [-0.4, -0.2) is 16.6 Å². The Morgan fingerprint density at radius 2 is 1.11 bits per heavy atom. The van der Waals surface area contributed by atoms with Crippen LogP contribution in [0.25, 0.3) is 0 Å². The van der Waals surface area contributed by atoms with Gasteiger partial charge in [0.2, 0.25) is 5.91 Å². The molecule has 0 aliphatic rings. The molecule has 0 aliphatic heterocycles. The second kappa shape index (κ2) is 10.5. The van der Waals surface area contributed by atoms with Crippen LogP contribution >= 0.6 is 12.4 Å². The monoisotopic (exact) mass is 384 g/mol. The van der Waals surface area contributed by atoms with Gasteiger partial charge in [0.05, 0.1) is 4.92 Å². The van der Waals surface area contributed by atoms with Gasteiger partial charge in [-0.25, -0.2) is 0 Å². The van der Waals surface area contributed by atoms with Crippen molar-refractivity contribution < 1.29 is 14.5 Å². The normalized spacial score (nSPS) is 9.19. The van der Waals surface area contributed by atoms with E-state index < -0.39 is 4.92 Å². The van der Waals surface area contributed by atoms with Crippen LogP contribution in [-0.2, 0) is 0 Å². The first kappa shape index (κ1) is 21.5. The minimum Gasteiger partial charge on any atom is -0.366 e. The molecule has 3 aromatic rings. The summed E-state index contributed by atoms with van der Waals surface area (Å²) in [6.45, 7) is 0. The van der Waals surface area contributed by atoms with E-state index in [1.54, 1.807) is 48.5 Å². The molecule has 27 heavy (non-hydrogen) atoms. The van der Waals surface area contributed by atoms with E-state index in [-0.39, 0.29) is 29.8 Å². The number of ketones is 1. The second-order valence-corrected chi connectivity index (χ2v) is 5.23. The number of carbonyl (C=O) groups excluding carboxylic acids is 2. The van der Waals surface area contributed by atoms with E-state index in [1.165, 1.54) is 24.3 Å². The summed E-state index contributed by atoms with van der Waals surface area (Å²) in [6, 6.07) is 23.2. The van der Waals surface area contributed by atoms with Crippen molar-refractivity contribution in [2.75, 3.05) is 0 Å². The Bertz CT molecular complexity index is 898. The van der Waals surface area contributed by atoms with Gasteiger partial charge in [-0.3, -0.25) is 19.7 Å². The predicted molar refractivity (Wildman–Crippen MR) is 105 cm³/mol. The summed E-state index contributed by atoms with van der Waals surface area (Å²) >= 11 is 0. The van der Waals surface area contributed by atoms with Gasteiger partial charge in [0, 0.05) is 28.8 Å². The Kier molecular flexibility index (Phi) is 8.35. The minimum atomic E-state index is -0.489. The first-order valence-corrected chi connectivity index (χ1v) is 7.68. The summed E-state index contributed by atoms with van der Waals surface area (Å²) in [5.41, 5.74) is 6.53. The van der Waals surface area contributed by atoms with Gasteiger partial charge < -0.3 is 5.73 Å². The Morgan fingerprint density at radius 1 is 0.704 bits per heavy atom. The van der Waals surface area contributed by atoms with Crippen LogP contribution in [0.4, 0.5) is 5.69 Å². The van der Waals surface area contributed by atoms with Crippen molar-refractivity contribution in [1.82, 2.24) is 0 Å². The number of nitrogens with zero attached hydrogens (tertiary/aromatic N) is 1. The molecule has 0 heterocycles. The molecule has 3 aromatic carbocycles. The third-order valence-electron chi connectivity index (χ3n) is 3.43. The van der Waals surface area contributed by atoms with Gasteiger partial charge in [0.15, 0.2) is 5.78 Å². The molecule has 0 unspecified atom stereocenters. The van der Waals surface area contributed by atoms with Crippen molar-refractivity contribution in [2.24, 2.45) is 5.73 Å². The quantitative estimate of drug-likeness (QED) is 0.416. The molecule has 0 saturated heterocycles. The number of primary amides is 1. The van der Waals surface area contributed by atoms with Gasteiger partial charge in [-0.1, -0.05) is 48.5 Å². The molecule has 0 aromatic heterocycles. The first-order valence-electron chi connectivity index (χ1n) is 7.68. The maximum Gasteiger partial charge on any atom is 0.269 e. The molecular formula is C20H17ClN2O4. The maximum absolute atomic E-state index is 12.0. The van der Waals surface area contributed by atoms with Crippen LogP contribution in [0.15, 0.2) is 84.9 Å². The fourth-order valence-electron chi connectivity index (χ4n) is 2.09. The summed E-state index contributed by atoms with van der Waals surface area (Å²) in [4.78, 5) is 32.4. The minimum absolute atomic E-state index is 0. The zero-order valence-electron chi connectivity index (χ0n) is 14.1. The smallest absolute Gasteiger partial charge is 0.269 e. The van der Waals surface area contributed by atoms with Crippen LogP contribution in [0.5, 0.6) is 0 Å². The van der Waals surface area contributed by atoms with E-state index in [2.05, 4.69) is 0 Å². The van der Waals surface area contributed by atoms with E-state index >= 15 is 0 Å². The van der Waals surface area contributed by atoms with Crippen LogP contribution in [0.3, 0.4) is 0 Å². The lowest BCUT2D eigenvalue weighted by Gasteiger charge is -2.00. The van der Waals surface area contributed by atoms with E-state index in [0.717, 1.165) is 0 Å². The van der Waals surface area contributed by atoms with Crippen molar-refractivity contribution in [3.8, 4) is 0 Å². The summed E-state index contributed by atoms with van der Waals surface area (Å²) in [7, 11) is 0. The number of benzene rings is 3. The molecule has 6 nitrogen and oxygen atoms in total. The van der Waals surface area contributed by atoms with Crippen LogP contribution in [0.2, 0.25) is 0 Å². The van der Waals surface area contributed by atoms with Gasteiger partial charge in [-0.05, 0) is 24.3 Å². The Hall–Kier alpha value is -3.51. The second-order valence-electron chi connectivity index (χ2n) is 5.23. The molecule has 3 rings (SSSR count). The van der Waals surface area contributed by atoms with Crippen molar-refractivity contribution in [2.45, 2.75) is 0 Å². The number of carbonyl (C=O) groups is 2. The fraction of sp³-hybridized carbons (Fsp3) is 0. The molecule has 0 radical (unpaired) electrons. The number of non-ortho nitro benzene ring substituents is 1. The number of hydrogen-bond donors (Lipinski definition) is 1. The zero-order valence-corrected chi connectivity index (χ0v) is 15.0. The average molecular weight is 385 g/mol. The molecule has 0 saturated carbocycles. The van der Waals surface area contributed by atoms with Gasteiger partial charge in [-0.15, -0.1) is 12.4 Å². The van der Waals surface area contributed by atoms with Crippen molar-refractivity contribution >= 4 is 29.8 Å². The van der Waals surface area contributed by atoms with Gasteiger partial charge >= 0.3 is 0 Å². The fourth-order valence-corrected chi connectivity index (χ4v) is 2.09. The maximum atomic E-state index is 12.0. The lowest BCUT2D eigenvalue weighted by Crippen LogP contribution is -2.09. The molecule has 0 fully saturated rings. The van der Waals surface area contributed by atoms with Gasteiger partial charge in [-0.2, -0.15) is 0 Å². The van der Waals surface area contributed by atoms with E-state index in [9.17, 15) is 19.7 Å². The van der Waals surface area contributed by atoms with Crippen molar-refractivity contribution in [3.63, 3.8) is 0 Å². The summed E-state index contributed by atoms with van der Waals surface area (Å²) in [6.07, 6.45) is 0. The third kappa shape index (κ3) is 6.37. The highest BCUT2D eigenvalue weighted by Crippen LogP contribution is 2.15. The van der Waals surface area contributed by atoms with Crippen molar-refractivity contribution in [3.05, 3.63) is 112 Å². The predicted octanol–water partition coefficient (Wildman–Crippen LogP) is 4.03. The SMILES string of the molecule is Cl.NC(=O)c1ccccc1.O=C(c1ccccc1)c1ccc([N+](=O)[O-])cc1. The molecule has 0 bridgehead atoms. The van der Waals surface area contributed by atoms with Crippen LogP contribution in [0.1, 0.15) is 26.3 Å². The largest absolute Gasteiger partial charge is 0.366 e. The van der Waals surface area contributed by atoms with E-state index in [4.69, 9.17) is 5.73 Å². The standard InChI is InChI=1S/C13H9NO3.C7H7NO.ClH/c15-13(10-4-2-1-3-5-10)11-6-8-12(9-7-11)14(16)17;8-7(9)6-4-2-1-3-5-6;/h1-9H;1-5H,(H2,8,9);1H. The highest BCUT2D eigenvalue weighted by atomic mass is 35.5. The molecule has 1 amide bonds. The van der Waals surface area contributed by atoms with Crippen molar-refractivity contribution in [1.29, 1.82) is 0 Å². The third-order valence-corrected chi connectivity index (χ3v) is 3.43. The molecule has 2 N–H and O–H groups in total. The number of hydrogen-bond acceptors (Lipinski definition) is 4. The molecule has 138 valence electrons. The van der Waals surface area contributed by atoms with Gasteiger partial charge in [0.1, 0.15) is 0 Å². The Morgan fingerprint density at radius 3 is 1.48 bits per heavy atom. The number of nitro groups is 1. The lowest BCUT2D eigenvalue weighted by molar-refractivity contribution is -0.384. The van der Waals surface area contributed by atoms with E-state index in [1.807, 2.05) is 12.1 Å². The molecule has 0 spiro atoms. The van der Waals surface area contributed by atoms with E-state index in [0.29, 0.717) is 16.7 Å². The Labute approximate surface area is 162 Å². The highest BCUT2D eigenvalue weighted by molar-refractivity contribution is 6.09. The number of nitrogens with two attached hydrogens (primary N) is 1. The molecule has 0 aliphatic carbocycles. The number of amides is 1. The molecule has 0 atom stereocenters. The summed E-state index contributed by atoms with van der Waals surface area (Å²) < 4.78 is 0. The molecule has 7 heteroatoms. The first-order chi connectivity index (χ1) is 12.5. The highest BCUT2D eigenvalue weighted by Gasteiger charge is 2.10. The van der Waals surface area contributed by atoms with Crippen LogP contribution in [0, 0.1) is 10.1 Å². The molecular weight excluding hydrogens is 368 g/mol. The zero-order chi connectivity index (χ0) is 18.9. The summed E-state index contributed by atoms with van der Waals surface area (Å²) in [5, 5.41) is 10.5. The topological polar surface area (TPSA) is 103 Å². The Balaban J connectivity index is 0.000000310.